The lowest BCUT2D eigenvalue weighted by molar-refractivity contribution is -0.119. The van der Waals surface area contributed by atoms with Crippen molar-refractivity contribution in [3.8, 4) is 0 Å². The third-order valence-corrected chi connectivity index (χ3v) is 2.95. The molecule has 2 nitrogen and oxygen atoms in total. The van der Waals surface area contributed by atoms with Crippen LogP contribution in [0.15, 0.2) is 28.7 Å². The molecule has 1 aliphatic heterocycles. The van der Waals surface area contributed by atoms with Gasteiger partial charge in [0.05, 0.1) is 0 Å². The zero-order chi connectivity index (χ0) is 9.97. The van der Waals surface area contributed by atoms with Gasteiger partial charge < -0.3 is 5.32 Å². The molecule has 1 heterocycles. The average molecular weight is 254 g/mol. The van der Waals surface area contributed by atoms with E-state index in [2.05, 4.69) is 33.4 Å². The van der Waals surface area contributed by atoms with Gasteiger partial charge in [0.2, 0.25) is 5.91 Å². The van der Waals surface area contributed by atoms with Gasteiger partial charge in [-0.25, -0.2) is 0 Å². The molecule has 0 spiro atoms. The molecule has 0 radical (unpaired) electrons. The third-order valence-electron chi connectivity index (χ3n) is 2.46. The second-order valence-corrected chi connectivity index (χ2v) is 4.55. The summed E-state index contributed by atoms with van der Waals surface area (Å²) in [4.78, 5) is 11.0. The number of nitrogens with one attached hydrogen (secondary N) is 1. The average Bonchev–Trinajstić information content (AvgIpc) is 2.51. The highest BCUT2D eigenvalue weighted by Crippen LogP contribution is 2.16. The van der Waals surface area contributed by atoms with Gasteiger partial charge in [0.1, 0.15) is 0 Å². The molecule has 3 heteroatoms. The van der Waals surface area contributed by atoms with E-state index in [4.69, 9.17) is 0 Å². The summed E-state index contributed by atoms with van der Waals surface area (Å²) in [7, 11) is 0. The summed E-state index contributed by atoms with van der Waals surface area (Å²) in [5, 5.41) is 2.97. The Morgan fingerprint density at radius 1 is 1.50 bits per heavy atom. The van der Waals surface area contributed by atoms with E-state index < -0.39 is 0 Å². The van der Waals surface area contributed by atoms with Crippen molar-refractivity contribution in [2.75, 3.05) is 0 Å². The van der Waals surface area contributed by atoms with Crippen molar-refractivity contribution < 1.29 is 4.79 Å². The van der Waals surface area contributed by atoms with Crippen molar-refractivity contribution >= 4 is 21.8 Å². The molecule has 14 heavy (non-hydrogen) atoms. The summed E-state index contributed by atoms with van der Waals surface area (Å²) in [5.41, 5.74) is 1.27. The lowest BCUT2D eigenvalue weighted by Crippen LogP contribution is -2.27. The predicted molar refractivity (Wildman–Crippen MR) is 59.0 cm³/mol. The number of benzene rings is 1. The highest BCUT2D eigenvalue weighted by Gasteiger charge is 2.20. The molecule has 1 aliphatic rings. The Kier molecular flexibility index (Phi) is 2.87. The lowest BCUT2D eigenvalue weighted by atomic mass is 10.1. The Labute approximate surface area is 91.8 Å². The van der Waals surface area contributed by atoms with E-state index in [1.807, 2.05) is 12.1 Å². The summed E-state index contributed by atoms with van der Waals surface area (Å²) >= 11 is 3.44. The van der Waals surface area contributed by atoms with Crippen molar-refractivity contribution in [3.63, 3.8) is 0 Å². The van der Waals surface area contributed by atoms with Crippen molar-refractivity contribution in [3.05, 3.63) is 34.3 Å². The Morgan fingerprint density at radius 2 is 2.36 bits per heavy atom. The molecule has 0 aliphatic carbocycles. The number of amides is 1. The minimum Gasteiger partial charge on any atom is -0.353 e. The fourth-order valence-electron chi connectivity index (χ4n) is 1.78. The maximum atomic E-state index is 11.0. The molecule has 0 saturated carbocycles. The molecule has 1 saturated heterocycles. The quantitative estimate of drug-likeness (QED) is 0.861. The molecule has 1 fully saturated rings. The topological polar surface area (TPSA) is 29.1 Å². The number of halogens is 1. The zero-order valence-corrected chi connectivity index (χ0v) is 9.38. The van der Waals surface area contributed by atoms with Gasteiger partial charge >= 0.3 is 0 Å². The molecular weight excluding hydrogens is 242 g/mol. The van der Waals surface area contributed by atoms with Gasteiger partial charge in [0.15, 0.2) is 0 Å². The highest BCUT2D eigenvalue weighted by molar-refractivity contribution is 9.10. The van der Waals surface area contributed by atoms with Crippen molar-refractivity contribution in [2.24, 2.45) is 0 Å². The Bertz CT molecular complexity index is 351. The number of carbonyl (C=O) groups excluding carboxylic acids is 1. The fourth-order valence-corrected chi connectivity index (χ4v) is 2.23. The van der Waals surface area contributed by atoms with E-state index in [1.54, 1.807) is 0 Å². The first-order chi connectivity index (χ1) is 6.74. The van der Waals surface area contributed by atoms with Crippen LogP contribution in [-0.4, -0.2) is 11.9 Å². The fraction of sp³-hybridized carbons (Fsp3) is 0.364. The lowest BCUT2D eigenvalue weighted by Gasteiger charge is -2.09. The summed E-state index contributed by atoms with van der Waals surface area (Å²) in [6.45, 7) is 0. The minimum absolute atomic E-state index is 0.185. The first kappa shape index (κ1) is 9.71. The monoisotopic (exact) mass is 253 g/mol. The standard InChI is InChI=1S/C11H12BrNO/c12-9-3-1-2-8(6-9)7-10-4-5-11(14)13-10/h1-3,6,10H,4-5,7H2,(H,13,14). The molecule has 0 bridgehead atoms. The van der Waals surface area contributed by atoms with Crippen LogP contribution in [-0.2, 0) is 11.2 Å². The van der Waals surface area contributed by atoms with Crippen LogP contribution < -0.4 is 5.32 Å². The summed E-state index contributed by atoms with van der Waals surface area (Å²) < 4.78 is 1.10. The largest absolute Gasteiger partial charge is 0.353 e. The first-order valence-corrected chi connectivity index (χ1v) is 5.57. The summed E-state index contributed by atoms with van der Waals surface area (Å²) in [5.74, 6) is 0.185. The van der Waals surface area contributed by atoms with Crippen LogP contribution in [0.25, 0.3) is 0 Å². The van der Waals surface area contributed by atoms with Gasteiger partial charge in [-0.05, 0) is 30.5 Å². The van der Waals surface area contributed by atoms with Crippen LogP contribution >= 0.6 is 15.9 Å². The van der Waals surface area contributed by atoms with Crippen molar-refractivity contribution in [1.29, 1.82) is 0 Å². The molecular formula is C11H12BrNO. The maximum Gasteiger partial charge on any atom is 0.220 e. The van der Waals surface area contributed by atoms with Crippen LogP contribution in [0.4, 0.5) is 0 Å². The van der Waals surface area contributed by atoms with Crippen LogP contribution in [0.3, 0.4) is 0 Å². The van der Waals surface area contributed by atoms with E-state index in [9.17, 15) is 4.79 Å². The number of hydrogen-bond donors (Lipinski definition) is 1. The smallest absolute Gasteiger partial charge is 0.220 e. The van der Waals surface area contributed by atoms with Gasteiger partial charge in [-0.1, -0.05) is 28.1 Å². The number of hydrogen-bond acceptors (Lipinski definition) is 1. The Hall–Kier alpha value is -0.830. The van der Waals surface area contributed by atoms with E-state index in [0.717, 1.165) is 17.3 Å². The summed E-state index contributed by atoms with van der Waals surface area (Å²) in [6.07, 6.45) is 2.58. The first-order valence-electron chi connectivity index (χ1n) is 4.78. The van der Waals surface area contributed by atoms with Crippen LogP contribution in [0.1, 0.15) is 18.4 Å². The minimum atomic E-state index is 0.185. The SMILES string of the molecule is O=C1CCC(Cc2cccc(Br)c2)N1. The van der Waals surface area contributed by atoms with E-state index in [0.29, 0.717) is 12.5 Å². The summed E-state index contributed by atoms with van der Waals surface area (Å²) in [6, 6.07) is 8.56. The second kappa shape index (κ2) is 4.13. The predicted octanol–water partition coefficient (Wildman–Crippen LogP) is 2.27. The van der Waals surface area contributed by atoms with Crippen molar-refractivity contribution in [2.45, 2.75) is 25.3 Å². The normalized spacial score (nSPS) is 20.9. The third kappa shape index (κ3) is 2.35. The molecule has 1 aromatic carbocycles. The molecule has 74 valence electrons. The highest BCUT2D eigenvalue weighted by atomic mass is 79.9. The Balaban J connectivity index is 2.00. The van der Waals surface area contributed by atoms with E-state index >= 15 is 0 Å². The molecule has 2 rings (SSSR count). The van der Waals surface area contributed by atoms with Gasteiger partial charge in [0, 0.05) is 16.9 Å². The Morgan fingerprint density at radius 3 is 3.00 bits per heavy atom. The molecule has 1 amide bonds. The van der Waals surface area contributed by atoms with Crippen LogP contribution in [0.5, 0.6) is 0 Å². The van der Waals surface area contributed by atoms with Crippen LogP contribution in [0.2, 0.25) is 0 Å². The number of rotatable bonds is 2. The van der Waals surface area contributed by atoms with Crippen molar-refractivity contribution in [1.82, 2.24) is 5.32 Å². The molecule has 1 unspecified atom stereocenters. The molecule has 1 atom stereocenters. The van der Waals surface area contributed by atoms with Gasteiger partial charge in [0.25, 0.3) is 0 Å². The van der Waals surface area contributed by atoms with E-state index in [1.165, 1.54) is 5.56 Å². The van der Waals surface area contributed by atoms with Gasteiger partial charge in [-0.15, -0.1) is 0 Å². The van der Waals surface area contributed by atoms with Gasteiger partial charge in [-0.2, -0.15) is 0 Å². The van der Waals surface area contributed by atoms with E-state index in [-0.39, 0.29) is 5.91 Å². The molecule has 1 N–H and O–H groups in total. The zero-order valence-electron chi connectivity index (χ0n) is 7.79. The van der Waals surface area contributed by atoms with Gasteiger partial charge in [-0.3, -0.25) is 4.79 Å². The van der Waals surface area contributed by atoms with Crippen LogP contribution in [0, 0.1) is 0 Å². The number of carbonyl (C=O) groups is 1. The molecule has 0 aromatic heterocycles. The second-order valence-electron chi connectivity index (χ2n) is 3.64. The maximum absolute atomic E-state index is 11.0. The molecule has 1 aromatic rings.